The molecule has 2 heteroatoms. The first-order valence-corrected chi connectivity index (χ1v) is 6.97. The van der Waals surface area contributed by atoms with Gasteiger partial charge in [-0.3, -0.25) is 0 Å². The van der Waals surface area contributed by atoms with Crippen molar-refractivity contribution < 1.29 is 4.42 Å². The van der Waals surface area contributed by atoms with Crippen LogP contribution in [0.25, 0.3) is 11.0 Å². The molecule has 1 heterocycles. The largest absolute Gasteiger partial charge is 0.464 e. The Hall–Kier alpha value is -2.06. The van der Waals surface area contributed by atoms with E-state index in [4.69, 9.17) is 4.42 Å². The third kappa shape index (κ3) is 2.47. The SMILES string of the molecule is CNC(Cc1cccc(C)c1)c1coc2ccccc12. The van der Waals surface area contributed by atoms with Gasteiger partial charge in [0.25, 0.3) is 0 Å². The minimum atomic E-state index is 0.264. The molecule has 20 heavy (non-hydrogen) atoms. The molecule has 0 aliphatic heterocycles. The van der Waals surface area contributed by atoms with E-state index in [1.807, 2.05) is 25.4 Å². The summed E-state index contributed by atoms with van der Waals surface area (Å²) in [7, 11) is 2.00. The fourth-order valence-corrected chi connectivity index (χ4v) is 2.71. The predicted octanol–water partition coefficient (Wildman–Crippen LogP) is 4.24. The van der Waals surface area contributed by atoms with E-state index in [1.54, 1.807) is 0 Å². The molecule has 1 N–H and O–H groups in total. The zero-order valence-electron chi connectivity index (χ0n) is 11.9. The van der Waals surface area contributed by atoms with Crippen LogP contribution in [0.15, 0.2) is 59.2 Å². The quantitative estimate of drug-likeness (QED) is 0.763. The first kappa shape index (κ1) is 12.9. The van der Waals surface area contributed by atoms with Crippen LogP contribution in [0.2, 0.25) is 0 Å². The summed E-state index contributed by atoms with van der Waals surface area (Å²) in [6.07, 6.45) is 2.84. The molecular weight excluding hydrogens is 246 g/mol. The summed E-state index contributed by atoms with van der Waals surface area (Å²) in [4.78, 5) is 0. The average Bonchev–Trinajstić information content (AvgIpc) is 2.89. The highest BCUT2D eigenvalue weighted by atomic mass is 16.3. The summed E-state index contributed by atoms with van der Waals surface area (Å²) >= 11 is 0. The molecule has 3 rings (SSSR count). The van der Waals surface area contributed by atoms with Gasteiger partial charge in [0, 0.05) is 17.0 Å². The second-order valence-electron chi connectivity index (χ2n) is 5.22. The molecule has 1 aromatic heterocycles. The van der Waals surface area contributed by atoms with E-state index in [1.165, 1.54) is 22.1 Å². The number of hydrogen-bond acceptors (Lipinski definition) is 2. The van der Waals surface area contributed by atoms with Crippen LogP contribution in [-0.4, -0.2) is 7.05 Å². The number of rotatable bonds is 4. The fraction of sp³-hybridized carbons (Fsp3) is 0.222. The monoisotopic (exact) mass is 265 g/mol. The van der Waals surface area contributed by atoms with Crippen molar-refractivity contribution >= 4 is 11.0 Å². The van der Waals surface area contributed by atoms with Gasteiger partial charge >= 0.3 is 0 Å². The van der Waals surface area contributed by atoms with Gasteiger partial charge in [0.2, 0.25) is 0 Å². The van der Waals surface area contributed by atoms with E-state index in [9.17, 15) is 0 Å². The zero-order valence-corrected chi connectivity index (χ0v) is 11.9. The lowest BCUT2D eigenvalue weighted by molar-refractivity contribution is 0.563. The summed E-state index contributed by atoms with van der Waals surface area (Å²) < 4.78 is 5.65. The average molecular weight is 265 g/mol. The normalized spacial score (nSPS) is 12.7. The minimum absolute atomic E-state index is 0.264. The van der Waals surface area contributed by atoms with Crippen LogP contribution < -0.4 is 5.32 Å². The van der Waals surface area contributed by atoms with E-state index in [2.05, 4.69) is 48.6 Å². The number of likely N-dealkylation sites (N-methyl/N-ethyl adjacent to an activating group) is 1. The molecular formula is C18H19NO. The Morgan fingerprint density at radius 1 is 1.10 bits per heavy atom. The molecule has 0 bridgehead atoms. The molecule has 0 spiro atoms. The molecule has 2 aromatic carbocycles. The van der Waals surface area contributed by atoms with Gasteiger partial charge in [-0.25, -0.2) is 0 Å². The second-order valence-corrected chi connectivity index (χ2v) is 5.22. The van der Waals surface area contributed by atoms with Crippen LogP contribution in [0, 0.1) is 6.92 Å². The first-order valence-electron chi connectivity index (χ1n) is 6.97. The number of benzene rings is 2. The summed E-state index contributed by atoms with van der Waals surface area (Å²) in [6.45, 7) is 2.13. The van der Waals surface area contributed by atoms with Crippen LogP contribution in [0.3, 0.4) is 0 Å². The lowest BCUT2D eigenvalue weighted by atomic mass is 9.97. The van der Waals surface area contributed by atoms with Crippen LogP contribution in [-0.2, 0) is 6.42 Å². The Bertz CT molecular complexity index is 714. The Balaban J connectivity index is 1.93. The third-order valence-corrected chi connectivity index (χ3v) is 3.76. The van der Waals surface area contributed by atoms with Gasteiger partial charge in [-0.2, -0.15) is 0 Å². The Morgan fingerprint density at radius 2 is 1.95 bits per heavy atom. The predicted molar refractivity (Wildman–Crippen MR) is 82.9 cm³/mol. The molecule has 0 aliphatic rings. The number of furan rings is 1. The van der Waals surface area contributed by atoms with E-state index in [0.717, 1.165) is 12.0 Å². The van der Waals surface area contributed by atoms with Crippen LogP contribution >= 0.6 is 0 Å². The van der Waals surface area contributed by atoms with Gasteiger partial charge in [0.05, 0.1) is 6.26 Å². The number of hydrogen-bond donors (Lipinski definition) is 1. The van der Waals surface area contributed by atoms with Crippen molar-refractivity contribution in [2.75, 3.05) is 7.05 Å². The molecule has 102 valence electrons. The van der Waals surface area contributed by atoms with E-state index in [0.29, 0.717) is 0 Å². The summed E-state index contributed by atoms with van der Waals surface area (Å²) in [5, 5.41) is 4.60. The van der Waals surface area contributed by atoms with Gasteiger partial charge in [-0.1, -0.05) is 48.0 Å². The lowest BCUT2D eigenvalue weighted by Crippen LogP contribution is -2.18. The molecule has 1 unspecified atom stereocenters. The highest BCUT2D eigenvalue weighted by Crippen LogP contribution is 2.28. The maximum atomic E-state index is 5.65. The van der Waals surface area contributed by atoms with Gasteiger partial charge < -0.3 is 9.73 Å². The first-order chi connectivity index (χ1) is 9.78. The standard InChI is InChI=1S/C18H19NO/c1-13-6-5-7-14(10-13)11-17(19-2)16-12-20-18-9-4-3-8-15(16)18/h3-10,12,17,19H,11H2,1-2H3. The highest BCUT2D eigenvalue weighted by molar-refractivity contribution is 5.81. The zero-order chi connectivity index (χ0) is 13.9. The Labute approximate surface area is 119 Å². The molecule has 0 radical (unpaired) electrons. The number of fused-ring (bicyclic) bond motifs is 1. The van der Waals surface area contributed by atoms with Gasteiger partial charge in [-0.15, -0.1) is 0 Å². The molecule has 2 nitrogen and oxygen atoms in total. The maximum Gasteiger partial charge on any atom is 0.134 e. The number of aryl methyl sites for hydroxylation is 1. The van der Waals surface area contributed by atoms with E-state index >= 15 is 0 Å². The Morgan fingerprint density at radius 3 is 2.75 bits per heavy atom. The van der Waals surface area contributed by atoms with Crippen LogP contribution in [0.1, 0.15) is 22.7 Å². The smallest absolute Gasteiger partial charge is 0.134 e. The summed E-state index contributed by atoms with van der Waals surface area (Å²) in [6, 6.07) is 17.1. The second kappa shape index (κ2) is 5.51. The minimum Gasteiger partial charge on any atom is -0.464 e. The van der Waals surface area contributed by atoms with Crippen LogP contribution in [0.4, 0.5) is 0 Å². The van der Waals surface area contributed by atoms with Gasteiger partial charge in [0.15, 0.2) is 0 Å². The van der Waals surface area contributed by atoms with Crippen molar-refractivity contribution in [3.05, 3.63) is 71.5 Å². The van der Waals surface area contributed by atoms with Crippen molar-refractivity contribution in [2.45, 2.75) is 19.4 Å². The molecule has 0 fully saturated rings. The highest BCUT2D eigenvalue weighted by Gasteiger charge is 2.15. The Kier molecular flexibility index (Phi) is 3.57. The molecule has 1 atom stereocenters. The molecule has 3 aromatic rings. The topological polar surface area (TPSA) is 25.2 Å². The van der Waals surface area contributed by atoms with E-state index < -0.39 is 0 Å². The number of nitrogens with one attached hydrogen (secondary N) is 1. The summed E-state index contributed by atoms with van der Waals surface area (Å²) in [5.74, 6) is 0. The fourth-order valence-electron chi connectivity index (χ4n) is 2.71. The van der Waals surface area contributed by atoms with Gasteiger partial charge in [0.1, 0.15) is 5.58 Å². The van der Waals surface area contributed by atoms with Crippen molar-refractivity contribution in [3.8, 4) is 0 Å². The molecule has 0 amide bonds. The third-order valence-electron chi connectivity index (χ3n) is 3.76. The van der Waals surface area contributed by atoms with E-state index in [-0.39, 0.29) is 6.04 Å². The van der Waals surface area contributed by atoms with Crippen molar-refractivity contribution in [1.82, 2.24) is 5.32 Å². The lowest BCUT2D eigenvalue weighted by Gasteiger charge is -2.15. The van der Waals surface area contributed by atoms with Crippen LogP contribution in [0.5, 0.6) is 0 Å². The maximum absolute atomic E-state index is 5.65. The number of para-hydroxylation sites is 1. The van der Waals surface area contributed by atoms with Gasteiger partial charge in [-0.05, 0) is 32.0 Å². The summed E-state index contributed by atoms with van der Waals surface area (Å²) in [5.41, 5.74) is 4.82. The van der Waals surface area contributed by atoms with Crippen molar-refractivity contribution in [3.63, 3.8) is 0 Å². The molecule has 0 saturated carbocycles. The molecule has 0 aliphatic carbocycles. The molecule has 0 saturated heterocycles. The van der Waals surface area contributed by atoms with Crippen molar-refractivity contribution in [2.24, 2.45) is 0 Å². The van der Waals surface area contributed by atoms with Crippen molar-refractivity contribution in [1.29, 1.82) is 0 Å².